The minimum atomic E-state index is -0.607. The summed E-state index contributed by atoms with van der Waals surface area (Å²) in [6.07, 6.45) is 1.47. The minimum Gasteiger partial charge on any atom is -0.452 e. The van der Waals surface area contributed by atoms with Crippen molar-refractivity contribution < 1.29 is 23.9 Å². The summed E-state index contributed by atoms with van der Waals surface area (Å²) in [5.74, 6) is -1.17. The van der Waals surface area contributed by atoms with Gasteiger partial charge in [-0.15, -0.1) is 0 Å². The Labute approximate surface area is 174 Å². The van der Waals surface area contributed by atoms with Crippen LogP contribution in [0, 0.1) is 0 Å². The van der Waals surface area contributed by atoms with Gasteiger partial charge in [0.2, 0.25) is 5.91 Å². The Morgan fingerprint density at radius 2 is 1.67 bits per heavy atom. The molecule has 0 radical (unpaired) electrons. The van der Waals surface area contributed by atoms with Gasteiger partial charge in [0.1, 0.15) is 0 Å². The van der Waals surface area contributed by atoms with Crippen LogP contribution in [-0.4, -0.2) is 48.8 Å². The average Bonchev–Trinajstić information content (AvgIpc) is 3.17. The molecule has 2 N–H and O–H groups in total. The van der Waals surface area contributed by atoms with Crippen molar-refractivity contribution in [1.82, 2.24) is 10.2 Å². The Kier molecular flexibility index (Phi) is 6.79. The number of rotatable bonds is 7. The fourth-order valence-electron chi connectivity index (χ4n) is 3.10. The van der Waals surface area contributed by atoms with Gasteiger partial charge in [0.15, 0.2) is 6.61 Å². The molecule has 0 aliphatic carbocycles. The Hall–Kier alpha value is -3.68. The first-order chi connectivity index (χ1) is 14.5. The molecule has 1 fully saturated rings. The van der Waals surface area contributed by atoms with Crippen molar-refractivity contribution in [3.05, 3.63) is 65.2 Å². The Morgan fingerprint density at radius 1 is 1.00 bits per heavy atom. The van der Waals surface area contributed by atoms with Crippen LogP contribution in [0.3, 0.4) is 0 Å². The van der Waals surface area contributed by atoms with Crippen LogP contribution in [0.4, 0.5) is 5.69 Å². The zero-order valence-electron chi connectivity index (χ0n) is 16.6. The standard InChI is InChI=1S/C22H23N3O5/c1-23-21(28)16-8-10-18(11-9-16)24-19(26)14-30-22(29)17-6-4-15(5-7-17)13-25-12-2-3-20(25)27/h4-11H,2-3,12-14H2,1H3,(H,23,28)(H,24,26). The summed E-state index contributed by atoms with van der Waals surface area (Å²) >= 11 is 0. The lowest BCUT2D eigenvalue weighted by Crippen LogP contribution is -2.23. The zero-order valence-corrected chi connectivity index (χ0v) is 16.6. The molecule has 30 heavy (non-hydrogen) atoms. The number of carbonyl (C=O) groups excluding carboxylic acids is 4. The molecule has 8 nitrogen and oxygen atoms in total. The van der Waals surface area contributed by atoms with Crippen molar-refractivity contribution in [3.63, 3.8) is 0 Å². The van der Waals surface area contributed by atoms with E-state index < -0.39 is 18.5 Å². The van der Waals surface area contributed by atoms with Gasteiger partial charge in [-0.05, 0) is 48.4 Å². The highest BCUT2D eigenvalue weighted by Crippen LogP contribution is 2.15. The highest BCUT2D eigenvalue weighted by atomic mass is 16.5. The van der Waals surface area contributed by atoms with Crippen molar-refractivity contribution >= 4 is 29.4 Å². The van der Waals surface area contributed by atoms with E-state index in [0.717, 1.165) is 18.5 Å². The van der Waals surface area contributed by atoms with Crippen LogP contribution in [0.5, 0.6) is 0 Å². The predicted molar refractivity (Wildman–Crippen MR) is 110 cm³/mol. The second-order valence-electron chi connectivity index (χ2n) is 6.90. The number of ether oxygens (including phenoxy) is 1. The molecule has 0 aromatic heterocycles. The van der Waals surface area contributed by atoms with E-state index in [0.29, 0.717) is 29.8 Å². The summed E-state index contributed by atoms with van der Waals surface area (Å²) < 4.78 is 5.05. The fourth-order valence-corrected chi connectivity index (χ4v) is 3.10. The first kappa shape index (κ1) is 21.0. The van der Waals surface area contributed by atoms with Crippen LogP contribution in [0.2, 0.25) is 0 Å². The lowest BCUT2D eigenvalue weighted by Gasteiger charge is -2.15. The molecule has 1 aliphatic rings. The summed E-state index contributed by atoms with van der Waals surface area (Å²) in [4.78, 5) is 49.1. The van der Waals surface area contributed by atoms with Crippen molar-refractivity contribution in [1.29, 1.82) is 0 Å². The molecule has 3 amide bonds. The van der Waals surface area contributed by atoms with Gasteiger partial charge in [-0.2, -0.15) is 0 Å². The quantitative estimate of drug-likeness (QED) is 0.681. The van der Waals surface area contributed by atoms with Gasteiger partial charge >= 0.3 is 5.97 Å². The van der Waals surface area contributed by atoms with Crippen LogP contribution in [-0.2, 0) is 20.9 Å². The number of benzene rings is 2. The molecule has 0 bridgehead atoms. The number of amides is 3. The molecular weight excluding hydrogens is 386 g/mol. The van der Waals surface area contributed by atoms with Crippen LogP contribution < -0.4 is 10.6 Å². The number of anilines is 1. The summed E-state index contributed by atoms with van der Waals surface area (Å²) in [6.45, 7) is 0.849. The van der Waals surface area contributed by atoms with Crippen LogP contribution in [0.1, 0.15) is 39.1 Å². The number of nitrogens with one attached hydrogen (secondary N) is 2. The second kappa shape index (κ2) is 9.69. The topological polar surface area (TPSA) is 105 Å². The highest BCUT2D eigenvalue weighted by Gasteiger charge is 2.20. The number of hydrogen-bond acceptors (Lipinski definition) is 5. The highest BCUT2D eigenvalue weighted by molar-refractivity contribution is 5.97. The smallest absolute Gasteiger partial charge is 0.338 e. The molecular formula is C22H23N3O5. The normalized spacial score (nSPS) is 13.1. The summed E-state index contributed by atoms with van der Waals surface area (Å²) in [7, 11) is 1.54. The predicted octanol–water partition coefficient (Wildman–Crippen LogP) is 1.96. The maximum atomic E-state index is 12.2. The first-order valence-corrected chi connectivity index (χ1v) is 9.62. The maximum Gasteiger partial charge on any atom is 0.338 e. The van der Waals surface area contributed by atoms with Crippen molar-refractivity contribution in [2.24, 2.45) is 0 Å². The van der Waals surface area contributed by atoms with E-state index in [-0.39, 0.29) is 11.8 Å². The van der Waals surface area contributed by atoms with Gasteiger partial charge in [-0.1, -0.05) is 12.1 Å². The van der Waals surface area contributed by atoms with Gasteiger partial charge in [0.25, 0.3) is 11.8 Å². The Morgan fingerprint density at radius 3 is 2.27 bits per heavy atom. The zero-order chi connectivity index (χ0) is 21.5. The van der Waals surface area contributed by atoms with Gasteiger partial charge in [-0.25, -0.2) is 4.79 Å². The fraction of sp³-hybridized carbons (Fsp3) is 0.273. The molecule has 156 valence electrons. The van der Waals surface area contributed by atoms with E-state index in [4.69, 9.17) is 4.74 Å². The number of nitrogens with zero attached hydrogens (tertiary/aromatic N) is 1. The van der Waals surface area contributed by atoms with Gasteiger partial charge < -0.3 is 20.3 Å². The number of hydrogen-bond donors (Lipinski definition) is 2. The van der Waals surface area contributed by atoms with Crippen molar-refractivity contribution in [2.45, 2.75) is 19.4 Å². The SMILES string of the molecule is CNC(=O)c1ccc(NC(=O)COC(=O)c2ccc(CN3CCCC3=O)cc2)cc1. The van der Waals surface area contributed by atoms with Crippen molar-refractivity contribution in [2.75, 3.05) is 25.5 Å². The maximum absolute atomic E-state index is 12.2. The summed E-state index contributed by atoms with van der Waals surface area (Å²) in [6, 6.07) is 13.1. The van der Waals surface area contributed by atoms with E-state index >= 15 is 0 Å². The summed E-state index contributed by atoms with van der Waals surface area (Å²) in [5.41, 5.74) is 2.22. The second-order valence-corrected chi connectivity index (χ2v) is 6.90. The molecule has 8 heteroatoms. The summed E-state index contributed by atoms with van der Waals surface area (Å²) in [5, 5.41) is 5.11. The van der Waals surface area contributed by atoms with E-state index in [2.05, 4.69) is 10.6 Å². The van der Waals surface area contributed by atoms with E-state index in [9.17, 15) is 19.2 Å². The lowest BCUT2D eigenvalue weighted by molar-refractivity contribution is -0.128. The third kappa shape index (κ3) is 5.44. The first-order valence-electron chi connectivity index (χ1n) is 9.62. The van der Waals surface area contributed by atoms with E-state index in [1.165, 1.54) is 7.05 Å². The Bertz CT molecular complexity index is 938. The molecule has 0 atom stereocenters. The molecule has 0 saturated carbocycles. The molecule has 0 unspecified atom stereocenters. The lowest BCUT2D eigenvalue weighted by atomic mass is 10.1. The molecule has 1 saturated heterocycles. The van der Waals surface area contributed by atoms with Crippen LogP contribution >= 0.6 is 0 Å². The van der Waals surface area contributed by atoms with Crippen LogP contribution in [0.25, 0.3) is 0 Å². The third-order valence-corrected chi connectivity index (χ3v) is 4.73. The van der Waals surface area contributed by atoms with E-state index in [1.54, 1.807) is 53.4 Å². The monoisotopic (exact) mass is 409 g/mol. The molecule has 1 aliphatic heterocycles. The molecule has 2 aromatic rings. The molecule has 0 spiro atoms. The number of carbonyl (C=O) groups is 4. The molecule has 1 heterocycles. The number of esters is 1. The van der Waals surface area contributed by atoms with Crippen LogP contribution in [0.15, 0.2) is 48.5 Å². The van der Waals surface area contributed by atoms with E-state index in [1.807, 2.05) is 0 Å². The van der Waals surface area contributed by atoms with Gasteiger partial charge in [0, 0.05) is 37.8 Å². The third-order valence-electron chi connectivity index (χ3n) is 4.73. The molecule has 2 aromatic carbocycles. The minimum absolute atomic E-state index is 0.146. The largest absolute Gasteiger partial charge is 0.452 e. The van der Waals surface area contributed by atoms with Crippen molar-refractivity contribution in [3.8, 4) is 0 Å². The Balaban J connectivity index is 1.47. The molecule has 3 rings (SSSR count). The van der Waals surface area contributed by atoms with Gasteiger partial charge in [-0.3, -0.25) is 14.4 Å². The van der Waals surface area contributed by atoms with Gasteiger partial charge in [0.05, 0.1) is 5.56 Å². The average molecular weight is 409 g/mol. The number of likely N-dealkylation sites (tertiary alicyclic amines) is 1.